The van der Waals surface area contributed by atoms with Crippen molar-refractivity contribution < 1.29 is 14.7 Å². The minimum atomic E-state index is -1.02. The molecule has 0 aliphatic rings. The van der Waals surface area contributed by atoms with Gasteiger partial charge in [-0.15, -0.1) is 11.3 Å². The van der Waals surface area contributed by atoms with Crippen molar-refractivity contribution in [3.8, 4) is 0 Å². The number of likely N-dealkylation sites (N-methyl/N-ethyl adjacent to an activating group) is 1. The molecule has 19 heavy (non-hydrogen) atoms. The summed E-state index contributed by atoms with van der Waals surface area (Å²) in [5.41, 5.74) is -1.02. The molecule has 5 heteroatoms. The first-order chi connectivity index (χ1) is 8.74. The summed E-state index contributed by atoms with van der Waals surface area (Å²) in [5.74, 6) is -1.07. The van der Waals surface area contributed by atoms with Gasteiger partial charge in [0.2, 0.25) is 5.91 Å². The molecule has 1 unspecified atom stereocenters. The molecule has 1 atom stereocenters. The first-order valence-corrected chi connectivity index (χ1v) is 7.13. The maximum Gasteiger partial charge on any atom is 0.309 e. The van der Waals surface area contributed by atoms with Crippen molar-refractivity contribution in [2.24, 2.45) is 5.41 Å². The minimum Gasteiger partial charge on any atom is -0.481 e. The molecule has 1 aromatic rings. The molecule has 0 fully saturated rings. The molecule has 106 valence electrons. The largest absolute Gasteiger partial charge is 0.481 e. The number of rotatable bonds is 6. The molecule has 0 aromatic carbocycles. The van der Waals surface area contributed by atoms with Crippen molar-refractivity contribution >= 4 is 23.2 Å². The van der Waals surface area contributed by atoms with E-state index in [0.717, 1.165) is 6.42 Å². The van der Waals surface area contributed by atoms with Crippen LogP contribution in [0.4, 0.5) is 0 Å². The second-order valence-corrected chi connectivity index (χ2v) is 6.54. The second-order valence-electron chi connectivity index (χ2n) is 5.50. The van der Waals surface area contributed by atoms with Crippen LogP contribution >= 0.6 is 11.3 Å². The summed E-state index contributed by atoms with van der Waals surface area (Å²) in [6.07, 6.45) is 0.820. The smallest absolute Gasteiger partial charge is 0.309 e. The summed E-state index contributed by atoms with van der Waals surface area (Å²) < 4.78 is 0. The zero-order valence-electron chi connectivity index (χ0n) is 11.8. The van der Waals surface area contributed by atoms with Crippen LogP contribution in [-0.4, -0.2) is 35.0 Å². The first kappa shape index (κ1) is 15.7. The topological polar surface area (TPSA) is 57.6 Å². The molecule has 0 saturated heterocycles. The fourth-order valence-corrected chi connectivity index (χ4v) is 2.51. The summed E-state index contributed by atoms with van der Waals surface area (Å²) in [5, 5.41) is 11.1. The Balaban J connectivity index is 2.59. The highest BCUT2D eigenvalue weighted by Gasteiger charge is 2.32. The standard InChI is InChI=1S/C14H21NO3S/c1-10(8-11-6-5-7-19-11)15(4)12(16)9-14(2,3)13(17)18/h5-7,10H,8-9H2,1-4H3,(H,17,18). The van der Waals surface area contributed by atoms with Crippen LogP contribution in [0, 0.1) is 5.41 Å². The fraction of sp³-hybridized carbons (Fsp3) is 0.571. The van der Waals surface area contributed by atoms with E-state index < -0.39 is 11.4 Å². The molecule has 0 aliphatic carbocycles. The predicted octanol–water partition coefficient (Wildman–Crippen LogP) is 2.64. The van der Waals surface area contributed by atoms with E-state index in [1.807, 2.05) is 24.4 Å². The number of thiophene rings is 1. The zero-order valence-corrected chi connectivity index (χ0v) is 12.7. The SMILES string of the molecule is CC(Cc1cccs1)N(C)C(=O)CC(C)(C)C(=O)O. The van der Waals surface area contributed by atoms with Crippen LogP contribution in [0.3, 0.4) is 0 Å². The minimum absolute atomic E-state index is 0.0214. The number of carboxylic acids is 1. The molecule has 4 nitrogen and oxygen atoms in total. The van der Waals surface area contributed by atoms with Gasteiger partial charge in [-0.2, -0.15) is 0 Å². The lowest BCUT2D eigenvalue weighted by molar-refractivity contribution is -0.151. The summed E-state index contributed by atoms with van der Waals surface area (Å²) in [6.45, 7) is 5.13. The molecule has 1 heterocycles. The number of hydrogen-bond acceptors (Lipinski definition) is 3. The number of nitrogens with zero attached hydrogens (tertiary/aromatic N) is 1. The quantitative estimate of drug-likeness (QED) is 0.873. The van der Waals surface area contributed by atoms with E-state index in [4.69, 9.17) is 5.11 Å². The highest BCUT2D eigenvalue weighted by molar-refractivity contribution is 7.09. The van der Waals surface area contributed by atoms with Crippen molar-refractivity contribution in [3.63, 3.8) is 0 Å². The van der Waals surface area contributed by atoms with Crippen LogP contribution in [0.5, 0.6) is 0 Å². The van der Waals surface area contributed by atoms with Gasteiger partial charge in [-0.1, -0.05) is 6.07 Å². The number of amides is 1. The Hall–Kier alpha value is -1.36. The van der Waals surface area contributed by atoms with Gasteiger partial charge in [0.25, 0.3) is 0 Å². The van der Waals surface area contributed by atoms with Crippen LogP contribution in [0.2, 0.25) is 0 Å². The van der Waals surface area contributed by atoms with E-state index >= 15 is 0 Å². The summed E-state index contributed by atoms with van der Waals surface area (Å²) >= 11 is 1.67. The molecule has 1 amide bonds. The zero-order chi connectivity index (χ0) is 14.6. The van der Waals surface area contributed by atoms with Gasteiger partial charge in [0.05, 0.1) is 5.41 Å². The molecule has 1 N–H and O–H groups in total. The summed E-state index contributed by atoms with van der Waals surface area (Å²) in [6, 6.07) is 4.10. The van der Waals surface area contributed by atoms with Crippen molar-refractivity contribution in [1.29, 1.82) is 0 Å². The Labute approximate surface area is 118 Å². The Kier molecular flexibility index (Phi) is 5.11. The van der Waals surface area contributed by atoms with E-state index in [9.17, 15) is 9.59 Å². The van der Waals surface area contributed by atoms with Gasteiger partial charge in [-0.05, 0) is 32.2 Å². The van der Waals surface area contributed by atoms with Gasteiger partial charge < -0.3 is 10.0 Å². The maximum atomic E-state index is 12.1. The monoisotopic (exact) mass is 283 g/mol. The predicted molar refractivity (Wildman–Crippen MR) is 76.3 cm³/mol. The summed E-state index contributed by atoms with van der Waals surface area (Å²) in [7, 11) is 1.73. The normalized spacial score (nSPS) is 13.1. The van der Waals surface area contributed by atoms with E-state index in [0.29, 0.717) is 0 Å². The molecule has 0 spiro atoms. The highest BCUT2D eigenvalue weighted by atomic mass is 32.1. The fourth-order valence-electron chi connectivity index (χ4n) is 1.68. The van der Waals surface area contributed by atoms with Crippen molar-refractivity contribution in [2.75, 3.05) is 7.05 Å². The van der Waals surface area contributed by atoms with E-state index in [1.165, 1.54) is 4.88 Å². The average Bonchev–Trinajstić information content (AvgIpc) is 2.79. The number of carbonyl (C=O) groups is 2. The first-order valence-electron chi connectivity index (χ1n) is 6.25. The van der Waals surface area contributed by atoms with Gasteiger partial charge in [-0.3, -0.25) is 9.59 Å². The van der Waals surface area contributed by atoms with Gasteiger partial charge in [0.15, 0.2) is 0 Å². The lowest BCUT2D eigenvalue weighted by Crippen LogP contribution is -2.40. The van der Waals surface area contributed by atoms with Crippen LogP contribution < -0.4 is 0 Å². The number of carbonyl (C=O) groups excluding carboxylic acids is 1. The van der Waals surface area contributed by atoms with Crippen LogP contribution in [-0.2, 0) is 16.0 Å². The molecule has 0 radical (unpaired) electrons. The number of aliphatic carboxylic acids is 1. The summed E-state index contributed by atoms with van der Waals surface area (Å²) in [4.78, 5) is 26.0. The third kappa shape index (κ3) is 4.35. The van der Waals surface area contributed by atoms with Crippen molar-refractivity contribution in [1.82, 2.24) is 4.90 Å². The third-order valence-corrected chi connectivity index (χ3v) is 4.20. The molecule has 0 bridgehead atoms. The Bertz CT molecular complexity index is 440. The Morgan fingerprint density at radius 3 is 2.58 bits per heavy atom. The third-order valence-electron chi connectivity index (χ3n) is 3.30. The number of carboxylic acid groups (broad SMARTS) is 1. The average molecular weight is 283 g/mol. The second kappa shape index (κ2) is 6.19. The number of hydrogen-bond donors (Lipinski definition) is 1. The molecule has 1 aromatic heterocycles. The molecular weight excluding hydrogens is 262 g/mol. The van der Waals surface area contributed by atoms with Crippen molar-refractivity contribution in [2.45, 2.75) is 39.7 Å². The lowest BCUT2D eigenvalue weighted by atomic mass is 9.89. The van der Waals surface area contributed by atoms with Gasteiger partial charge in [0, 0.05) is 30.8 Å². The van der Waals surface area contributed by atoms with Crippen LogP contribution in [0.15, 0.2) is 17.5 Å². The van der Waals surface area contributed by atoms with Crippen LogP contribution in [0.1, 0.15) is 32.1 Å². The van der Waals surface area contributed by atoms with Gasteiger partial charge in [0.1, 0.15) is 0 Å². The molecule has 0 aliphatic heterocycles. The van der Waals surface area contributed by atoms with E-state index in [1.54, 1.807) is 37.1 Å². The van der Waals surface area contributed by atoms with Crippen LogP contribution in [0.25, 0.3) is 0 Å². The molecule has 0 saturated carbocycles. The Morgan fingerprint density at radius 2 is 2.11 bits per heavy atom. The Morgan fingerprint density at radius 1 is 1.47 bits per heavy atom. The van der Waals surface area contributed by atoms with Crippen molar-refractivity contribution in [3.05, 3.63) is 22.4 Å². The van der Waals surface area contributed by atoms with E-state index in [-0.39, 0.29) is 18.4 Å². The molecular formula is C14H21NO3S. The highest BCUT2D eigenvalue weighted by Crippen LogP contribution is 2.22. The van der Waals surface area contributed by atoms with E-state index in [2.05, 4.69) is 0 Å². The maximum absolute atomic E-state index is 12.1. The lowest BCUT2D eigenvalue weighted by Gasteiger charge is -2.28. The molecule has 1 rings (SSSR count). The van der Waals surface area contributed by atoms with Gasteiger partial charge in [-0.25, -0.2) is 0 Å². The van der Waals surface area contributed by atoms with Gasteiger partial charge >= 0.3 is 5.97 Å².